The minimum Gasteiger partial charge on any atom is -0.494 e. The molecule has 0 bridgehead atoms. The van der Waals surface area contributed by atoms with Crippen LogP contribution in [0.1, 0.15) is 65.2 Å². The largest absolute Gasteiger partial charge is 0.494 e. The highest BCUT2D eigenvalue weighted by atomic mass is 19.1. The van der Waals surface area contributed by atoms with Crippen LogP contribution in [0.2, 0.25) is 0 Å². The lowest BCUT2D eigenvalue weighted by molar-refractivity contribution is -0.157. The molecule has 3 rings (SSSR count). The average molecular weight is 457 g/mol. The molecule has 1 aliphatic carbocycles. The monoisotopic (exact) mass is 456 g/mol. The molecule has 0 spiro atoms. The van der Waals surface area contributed by atoms with E-state index in [0.29, 0.717) is 18.9 Å². The Morgan fingerprint density at radius 2 is 1.45 bits per heavy atom. The number of rotatable bonds is 12. The average Bonchev–Trinajstić information content (AvgIpc) is 2.86. The Bertz CT molecular complexity index is 826. The molecular weight excluding hydrogens is 419 g/mol. The van der Waals surface area contributed by atoms with Gasteiger partial charge in [0.2, 0.25) is 0 Å². The van der Waals surface area contributed by atoms with Crippen LogP contribution in [-0.4, -0.2) is 31.5 Å². The Morgan fingerprint density at radius 3 is 2.00 bits per heavy atom. The molecule has 0 N–H and O–H groups in total. The van der Waals surface area contributed by atoms with Crippen LogP contribution in [0.5, 0.6) is 11.5 Å². The van der Waals surface area contributed by atoms with Crippen LogP contribution in [0.25, 0.3) is 11.1 Å². The van der Waals surface area contributed by atoms with Crippen molar-refractivity contribution in [1.82, 2.24) is 0 Å². The molecule has 0 aromatic heterocycles. The maximum atomic E-state index is 13.8. The van der Waals surface area contributed by atoms with Gasteiger partial charge in [-0.2, -0.15) is 0 Å². The lowest BCUT2D eigenvalue weighted by Gasteiger charge is -2.28. The summed E-state index contributed by atoms with van der Waals surface area (Å²) in [4.78, 5) is 11.9. The fourth-order valence-electron chi connectivity index (χ4n) is 4.08. The van der Waals surface area contributed by atoms with Gasteiger partial charge in [0.1, 0.15) is 17.6 Å². The number of benzene rings is 2. The summed E-state index contributed by atoms with van der Waals surface area (Å²) < 4.78 is 30.9. The topological polar surface area (TPSA) is 44.8 Å². The van der Waals surface area contributed by atoms with Gasteiger partial charge in [0.15, 0.2) is 6.17 Å². The predicted octanol–water partition coefficient (Wildman–Crippen LogP) is 7.15. The molecule has 0 saturated heterocycles. The second-order valence-electron chi connectivity index (χ2n) is 8.90. The first kappa shape index (κ1) is 25.1. The van der Waals surface area contributed by atoms with Crippen molar-refractivity contribution in [2.24, 2.45) is 5.92 Å². The Hall–Kier alpha value is -2.56. The molecule has 1 atom stereocenters. The number of esters is 1. The molecule has 2 aromatic rings. The van der Waals surface area contributed by atoms with E-state index >= 15 is 0 Å². The van der Waals surface area contributed by atoms with E-state index in [0.717, 1.165) is 67.8 Å². The zero-order valence-corrected chi connectivity index (χ0v) is 19.9. The van der Waals surface area contributed by atoms with E-state index in [2.05, 4.69) is 31.2 Å². The van der Waals surface area contributed by atoms with Crippen molar-refractivity contribution in [3.05, 3.63) is 48.5 Å². The third-order valence-electron chi connectivity index (χ3n) is 6.14. The zero-order valence-electron chi connectivity index (χ0n) is 19.9. The van der Waals surface area contributed by atoms with Gasteiger partial charge in [-0.25, -0.2) is 9.18 Å². The molecule has 0 unspecified atom stereocenters. The SMILES string of the molecule is CCCC[C@H](F)C(=O)O[C@H]1CC[C@H](COc2ccc(-c3ccc(OCCC)cc3)cc2)CC1. The van der Waals surface area contributed by atoms with Crippen LogP contribution in [0, 0.1) is 5.92 Å². The highest BCUT2D eigenvalue weighted by molar-refractivity contribution is 5.74. The molecule has 1 saturated carbocycles. The van der Waals surface area contributed by atoms with E-state index in [4.69, 9.17) is 14.2 Å². The predicted molar refractivity (Wildman–Crippen MR) is 129 cm³/mol. The molecule has 0 radical (unpaired) electrons. The van der Waals surface area contributed by atoms with Crippen molar-refractivity contribution < 1.29 is 23.4 Å². The molecular formula is C28H37FO4. The van der Waals surface area contributed by atoms with Gasteiger partial charge in [0.05, 0.1) is 13.2 Å². The van der Waals surface area contributed by atoms with Crippen molar-refractivity contribution in [3.8, 4) is 22.6 Å². The van der Waals surface area contributed by atoms with Gasteiger partial charge in [0.25, 0.3) is 0 Å². The quantitative estimate of drug-likeness (QED) is 0.318. The Kier molecular flexibility index (Phi) is 10.0. The van der Waals surface area contributed by atoms with Gasteiger partial charge in [0, 0.05) is 0 Å². The molecule has 5 heteroatoms. The minimum absolute atomic E-state index is 0.160. The normalized spacial score (nSPS) is 19.0. The molecule has 4 nitrogen and oxygen atoms in total. The molecule has 0 aliphatic heterocycles. The van der Waals surface area contributed by atoms with E-state index in [1.54, 1.807) is 0 Å². The van der Waals surface area contributed by atoms with E-state index in [1.165, 1.54) is 0 Å². The number of hydrogen-bond donors (Lipinski definition) is 0. The summed E-state index contributed by atoms with van der Waals surface area (Å²) in [6.07, 6.45) is 4.60. The molecule has 33 heavy (non-hydrogen) atoms. The molecule has 1 aliphatic rings. The lowest BCUT2D eigenvalue weighted by Crippen LogP contribution is -2.30. The summed E-state index contributed by atoms with van der Waals surface area (Å²) in [7, 11) is 0. The Morgan fingerprint density at radius 1 is 0.879 bits per heavy atom. The number of halogens is 1. The summed E-state index contributed by atoms with van der Waals surface area (Å²) >= 11 is 0. The van der Waals surface area contributed by atoms with E-state index in [1.807, 2.05) is 31.2 Å². The van der Waals surface area contributed by atoms with Crippen LogP contribution in [0.4, 0.5) is 4.39 Å². The van der Waals surface area contributed by atoms with Crippen LogP contribution in [-0.2, 0) is 9.53 Å². The number of ether oxygens (including phenoxy) is 3. The summed E-state index contributed by atoms with van der Waals surface area (Å²) in [5.74, 6) is 1.49. The van der Waals surface area contributed by atoms with E-state index in [-0.39, 0.29) is 12.5 Å². The van der Waals surface area contributed by atoms with Crippen molar-refractivity contribution in [2.75, 3.05) is 13.2 Å². The number of carbonyl (C=O) groups is 1. The maximum absolute atomic E-state index is 13.8. The summed E-state index contributed by atoms with van der Waals surface area (Å²) in [6, 6.07) is 16.3. The third-order valence-corrected chi connectivity index (χ3v) is 6.14. The van der Waals surface area contributed by atoms with Crippen molar-refractivity contribution in [2.45, 2.75) is 77.5 Å². The number of hydrogen-bond acceptors (Lipinski definition) is 4. The van der Waals surface area contributed by atoms with Crippen LogP contribution in [0.3, 0.4) is 0 Å². The van der Waals surface area contributed by atoms with E-state index < -0.39 is 12.1 Å². The first-order valence-corrected chi connectivity index (χ1v) is 12.4. The molecule has 0 heterocycles. The number of carbonyl (C=O) groups excluding carboxylic acids is 1. The maximum Gasteiger partial charge on any atom is 0.340 e. The number of unbranched alkanes of at least 4 members (excludes halogenated alkanes) is 1. The summed E-state index contributed by atoms with van der Waals surface area (Å²) in [6.45, 7) is 5.46. The van der Waals surface area contributed by atoms with Crippen LogP contribution < -0.4 is 9.47 Å². The van der Waals surface area contributed by atoms with Crippen LogP contribution in [0.15, 0.2) is 48.5 Å². The van der Waals surface area contributed by atoms with Crippen molar-refractivity contribution in [3.63, 3.8) is 0 Å². The highest BCUT2D eigenvalue weighted by Crippen LogP contribution is 2.29. The van der Waals surface area contributed by atoms with Gasteiger partial charge < -0.3 is 14.2 Å². The fourth-order valence-corrected chi connectivity index (χ4v) is 4.08. The van der Waals surface area contributed by atoms with Gasteiger partial charge in [-0.3, -0.25) is 0 Å². The highest BCUT2D eigenvalue weighted by Gasteiger charge is 2.27. The minimum atomic E-state index is -1.48. The van der Waals surface area contributed by atoms with Gasteiger partial charge in [-0.15, -0.1) is 0 Å². The smallest absolute Gasteiger partial charge is 0.340 e. The lowest BCUT2D eigenvalue weighted by atomic mass is 9.88. The zero-order chi connectivity index (χ0) is 23.5. The van der Waals surface area contributed by atoms with Gasteiger partial charge >= 0.3 is 5.97 Å². The summed E-state index contributed by atoms with van der Waals surface area (Å²) in [5.41, 5.74) is 2.28. The van der Waals surface area contributed by atoms with Gasteiger partial charge in [-0.1, -0.05) is 51.0 Å². The molecule has 2 aromatic carbocycles. The third kappa shape index (κ3) is 8.06. The molecule has 0 amide bonds. The second-order valence-corrected chi connectivity index (χ2v) is 8.90. The molecule has 1 fully saturated rings. The van der Waals surface area contributed by atoms with Crippen LogP contribution >= 0.6 is 0 Å². The van der Waals surface area contributed by atoms with Gasteiger partial charge in [-0.05, 0) is 79.8 Å². The first-order valence-electron chi connectivity index (χ1n) is 12.4. The standard InChI is InChI=1S/C28H37FO4/c1-3-5-6-27(29)28(30)33-26-13-7-21(8-14-26)20-32-25-17-11-23(12-18-25)22-9-15-24(16-10-22)31-19-4-2/h9-12,15-18,21,26-27H,3-8,13-14,19-20H2,1-2H3/t21-,26-,27-/m0/s1. The summed E-state index contributed by atoms with van der Waals surface area (Å²) in [5, 5.41) is 0. The molecule has 180 valence electrons. The number of alkyl halides is 1. The first-order chi connectivity index (χ1) is 16.1. The second kappa shape index (κ2) is 13.2. The Labute approximate surface area is 197 Å². The van der Waals surface area contributed by atoms with E-state index in [9.17, 15) is 9.18 Å². The van der Waals surface area contributed by atoms with Crippen molar-refractivity contribution in [1.29, 1.82) is 0 Å². The fraction of sp³-hybridized carbons (Fsp3) is 0.536. The Balaban J connectivity index is 1.39. The van der Waals surface area contributed by atoms with Crippen molar-refractivity contribution >= 4 is 5.97 Å².